The van der Waals surface area contributed by atoms with Crippen LogP contribution in [0.2, 0.25) is 0 Å². The van der Waals surface area contributed by atoms with Crippen molar-refractivity contribution in [1.82, 2.24) is 26.2 Å². The van der Waals surface area contributed by atoms with E-state index in [0.29, 0.717) is 25.0 Å². The zero-order chi connectivity index (χ0) is 37.4. The number of rotatable bonds is 11. The van der Waals surface area contributed by atoms with E-state index in [4.69, 9.17) is 0 Å². The van der Waals surface area contributed by atoms with Crippen LogP contribution < -0.4 is 21.3 Å². The van der Waals surface area contributed by atoms with Gasteiger partial charge in [0.25, 0.3) is 5.91 Å². The molecular weight excluding hydrogens is 655 g/mol. The lowest BCUT2D eigenvalue weighted by Gasteiger charge is -2.45. The van der Waals surface area contributed by atoms with Crippen LogP contribution in [-0.4, -0.2) is 90.3 Å². The standard InChI is InChI=1S/C38H61N5O6S/c1-11-18-39-32(46)30(44)28(19-25-14-12-15-25)40-31(45)29-20-26(24(2)3)22-43(29)33(47)37(10,35(4,5)6)41-34(48)42-38-17-13-16-27(21-38)50(49,23-38)36(7,8)9/h11,25,28-29H,1,12-23H2,2-10H3,(H,39,46)(H,40,45)(H2,41,42,48)/t28?,29-,37?,38?,50?/m0/s1. The molecule has 5 amide bonds. The van der Waals surface area contributed by atoms with Gasteiger partial charge in [0.1, 0.15) is 11.6 Å². The predicted molar refractivity (Wildman–Crippen MR) is 199 cm³/mol. The van der Waals surface area contributed by atoms with Crippen LogP contribution in [0.4, 0.5) is 4.79 Å². The Morgan fingerprint density at radius 2 is 1.70 bits per heavy atom. The second-order valence-electron chi connectivity index (χ2n) is 17.4. The fourth-order valence-corrected chi connectivity index (χ4v) is 11.3. The molecule has 280 valence electrons. The highest BCUT2D eigenvalue weighted by atomic mass is 32.2. The van der Waals surface area contributed by atoms with Crippen molar-refractivity contribution in [3.63, 3.8) is 0 Å². The summed E-state index contributed by atoms with van der Waals surface area (Å²) in [5.74, 6) is -1.80. The van der Waals surface area contributed by atoms with Crippen LogP contribution in [0.1, 0.15) is 120 Å². The minimum Gasteiger partial charge on any atom is -0.346 e. The summed E-state index contributed by atoms with van der Waals surface area (Å²) >= 11 is 0. The van der Waals surface area contributed by atoms with Crippen molar-refractivity contribution in [1.29, 1.82) is 0 Å². The Labute approximate surface area is 299 Å². The van der Waals surface area contributed by atoms with Gasteiger partial charge in [0.15, 0.2) is 0 Å². The number of nitrogens with one attached hydrogen (secondary N) is 4. The molecule has 0 radical (unpaired) electrons. The van der Waals surface area contributed by atoms with E-state index in [1.807, 2.05) is 55.4 Å². The Bertz CT molecular complexity index is 1570. The van der Waals surface area contributed by atoms with E-state index < -0.39 is 72.4 Å². The number of amides is 5. The maximum absolute atomic E-state index is 14.8. The van der Waals surface area contributed by atoms with Crippen molar-refractivity contribution in [3.8, 4) is 0 Å². The molecule has 0 aromatic carbocycles. The summed E-state index contributed by atoms with van der Waals surface area (Å²) in [5, 5.41) is 11.6. The Morgan fingerprint density at radius 3 is 2.24 bits per heavy atom. The predicted octanol–water partition coefficient (Wildman–Crippen LogP) is 4.16. The van der Waals surface area contributed by atoms with E-state index in [-0.39, 0.29) is 25.4 Å². The fraction of sp³-hybridized carbons (Fsp3) is 0.737. The molecule has 1 saturated heterocycles. The molecule has 2 saturated carbocycles. The molecule has 0 aromatic rings. The zero-order valence-corrected chi connectivity index (χ0v) is 32.6. The molecule has 2 aliphatic carbocycles. The molecule has 0 aromatic heterocycles. The van der Waals surface area contributed by atoms with Gasteiger partial charge in [0.2, 0.25) is 17.6 Å². The molecule has 4 unspecified atom stereocenters. The summed E-state index contributed by atoms with van der Waals surface area (Å²) in [5.41, 5.74) is -0.954. The van der Waals surface area contributed by atoms with Gasteiger partial charge in [0, 0.05) is 30.0 Å². The van der Waals surface area contributed by atoms with E-state index >= 15 is 0 Å². The van der Waals surface area contributed by atoms with Crippen molar-refractivity contribution in [2.45, 2.75) is 148 Å². The van der Waals surface area contributed by atoms with Gasteiger partial charge in [-0.3, -0.25) is 23.4 Å². The topological polar surface area (TPSA) is 154 Å². The third-order valence-corrected chi connectivity index (χ3v) is 16.0. The number of allylic oxidation sites excluding steroid dienone is 1. The van der Waals surface area contributed by atoms with E-state index in [1.54, 1.807) is 6.92 Å². The van der Waals surface area contributed by atoms with Gasteiger partial charge in [-0.25, -0.2) is 4.79 Å². The largest absolute Gasteiger partial charge is 0.346 e. The number of ketones is 1. The van der Waals surface area contributed by atoms with Crippen molar-refractivity contribution < 1.29 is 28.2 Å². The SMILES string of the molecule is C=CCNC(=O)C(=O)C(CC1CCC1)NC(=O)[C@@H]1CC(=C(C)C)CN1C(=O)C(C)(NC(=O)NC12CCCC(=S(=O)(C(C)(C)C)C1)C2)C(C)(C)C. The van der Waals surface area contributed by atoms with Crippen LogP contribution in [0, 0.1) is 11.3 Å². The number of nitrogens with zero attached hydrogens (tertiary/aromatic N) is 1. The molecule has 4 N–H and O–H groups in total. The van der Waals surface area contributed by atoms with E-state index in [1.165, 1.54) is 11.0 Å². The molecule has 2 heterocycles. The number of carbonyl (C=O) groups is 5. The normalized spacial score (nSPS) is 27.1. The summed E-state index contributed by atoms with van der Waals surface area (Å²) in [6.45, 7) is 21.1. The molecule has 3 fully saturated rings. The van der Waals surface area contributed by atoms with Gasteiger partial charge in [-0.2, -0.15) is 0 Å². The highest BCUT2D eigenvalue weighted by molar-refractivity contribution is 8.04. The first-order valence-corrected chi connectivity index (χ1v) is 20.0. The van der Waals surface area contributed by atoms with Gasteiger partial charge in [-0.05, 0) is 105 Å². The van der Waals surface area contributed by atoms with Crippen LogP contribution in [-0.2, 0) is 28.7 Å². The lowest BCUT2D eigenvalue weighted by Crippen LogP contribution is -2.69. The van der Waals surface area contributed by atoms with Crippen molar-refractivity contribution >= 4 is 43.9 Å². The molecule has 0 spiro atoms. The minimum absolute atomic E-state index is 0.130. The third-order valence-electron chi connectivity index (χ3n) is 11.8. The van der Waals surface area contributed by atoms with Crippen LogP contribution in [0.15, 0.2) is 23.8 Å². The maximum atomic E-state index is 14.8. The first kappa shape index (κ1) is 39.6. The van der Waals surface area contributed by atoms with E-state index in [2.05, 4.69) is 27.8 Å². The average Bonchev–Trinajstić information content (AvgIpc) is 3.52. The second kappa shape index (κ2) is 14.5. The monoisotopic (exact) mass is 715 g/mol. The molecular formula is C38H61N5O6S. The summed E-state index contributed by atoms with van der Waals surface area (Å²) in [7, 11) is -2.32. The highest BCUT2D eigenvalue weighted by Crippen LogP contribution is 2.41. The van der Waals surface area contributed by atoms with Crippen molar-refractivity contribution in [2.24, 2.45) is 11.3 Å². The summed E-state index contributed by atoms with van der Waals surface area (Å²) < 4.78 is 13.8. The molecule has 12 heteroatoms. The Morgan fingerprint density at radius 1 is 1.04 bits per heavy atom. The van der Waals surface area contributed by atoms with Crippen LogP contribution in [0.5, 0.6) is 0 Å². The summed E-state index contributed by atoms with van der Waals surface area (Å²) in [6, 6.07) is -2.46. The van der Waals surface area contributed by atoms with Crippen LogP contribution in [0.25, 0.3) is 0 Å². The van der Waals surface area contributed by atoms with Crippen LogP contribution >= 0.6 is 0 Å². The Balaban J connectivity index is 1.58. The van der Waals surface area contributed by atoms with Gasteiger partial charge >= 0.3 is 6.03 Å². The van der Waals surface area contributed by atoms with Crippen LogP contribution in [0.3, 0.4) is 0 Å². The Kier molecular flexibility index (Phi) is 11.5. The molecule has 2 aliphatic heterocycles. The van der Waals surface area contributed by atoms with E-state index in [0.717, 1.165) is 48.1 Å². The zero-order valence-electron chi connectivity index (χ0n) is 31.8. The summed E-state index contributed by atoms with van der Waals surface area (Å²) in [6.07, 6.45) is 7.93. The average molecular weight is 716 g/mol. The lowest BCUT2D eigenvalue weighted by molar-refractivity contribution is -0.147. The third kappa shape index (κ3) is 7.84. The van der Waals surface area contributed by atoms with Gasteiger partial charge in [-0.15, -0.1) is 6.58 Å². The molecule has 4 aliphatic rings. The van der Waals surface area contributed by atoms with Gasteiger partial charge in [-0.1, -0.05) is 51.7 Å². The minimum atomic E-state index is -2.32. The van der Waals surface area contributed by atoms with Crippen molar-refractivity contribution in [3.05, 3.63) is 23.8 Å². The number of likely N-dealkylation sites (tertiary alicyclic amines) is 1. The maximum Gasteiger partial charge on any atom is 0.316 e. The quantitative estimate of drug-likeness (QED) is 0.143. The molecule has 4 rings (SSSR count). The second-order valence-corrected chi connectivity index (χ2v) is 20.9. The first-order chi connectivity index (χ1) is 23.1. The highest BCUT2D eigenvalue weighted by Gasteiger charge is 2.54. The molecule has 2 bridgehead atoms. The number of carbonyl (C=O) groups excluding carboxylic acids is 5. The first-order valence-electron chi connectivity index (χ1n) is 18.2. The number of Topliss-reactive ketones (excluding diaryl/α,β-unsaturated/α-hetero) is 1. The number of fused-ring (bicyclic) bond motifs is 2. The van der Waals surface area contributed by atoms with E-state index in [9.17, 15) is 28.2 Å². The lowest BCUT2D eigenvalue weighted by atomic mass is 9.73. The number of hydrogen-bond acceptors (Lipinski definition) is 6. The van der Waals surface area contributed by atoms with Crippen molar-refractivity contribution in [2.75, 3.05) is 18.8 Å². The fourth-order valence-electron chi connectivity index (χ4n) is 7.72. The smallest absolute Gasteiger partial charge is 0.316 e. The van der Waals surface area contributed by atoms with Gasteiger partial charge < -0.3 is 26.2 Å². The molecule has 50 heavy (non-hydrogen) atoms. The number of hydrogen-bond donors (Lipinski definition) is 4. The summed E-state index contributed by atoms with van der Waals surface area (Å²) in [4.78, 5) is 71.3. The molecule has 11 nitrogen and oxygen atoms in total. The molecule has 5 atom stereocenters. The Hall–Kier alpha value is -3.15. The van der Waals surface area contributed by atoms with Gasteiger partial charge in [0.05, 0.1) is 11.6 Å². The number of urea groups is 1.